The lowest BCUT2D eigenvalue weighted by molar-refractivity contribution is -0.123. The summed E-state index contributed by atoms with van der Waals surface area (Å²) in [6, 6.07) is 7.15. The highest BCUT2D eigenvalue weighted by Gasteiger charge is 2.30. The van der Waals surface area contributed by atoms with Crippen LogP contribution in [0.25, 0.3) is 0 Å². The number of anilines is 2. The third-order valence-electron chi connectivity index (χ3n) is 7.50. The summed E-state index contributed by atoms with van der Waals surface area (Å²) >= 11 is 0. The maximum absolute atomic E-state index is 13.5. The van der Waals surface area contributed by atoms with Crippen LogP contribution in [0.3, 0.4) is 0 Å². The molecule has 50 heavy (non-hydrogen) atoms. The zero-order chi connectivity index (χ0) is 36.8. The number of carbonyl (C=O) groups is 6. The molecule has 2 aromatic rings. The second-order valence-electron chi connectivity index (χ2n) is 11.5. The normalized spacial score (nSPS) is 12.8. The molecule has 18 heteroatoms. The van der Waals surface area contributed by atoms with Crippen LogP contribution in [0, 0.1) is 0 Å². The van der Waals surface area contributed by atoms with Gasteiger partial charge in [-0.1, -0.05) is 0 Å². The van der Waals surface area contributed by atoms with Crippen LogP contribution in [0.5, 0.6) is 0 Å². The van der Waals surface area contributed by atoms with Crippen molar-refractivity contribution < 1.29 is 28.8 Å². The topological polar surface area (TPSA) is 331 Å². The van der Waals surface area contributed by atoms with E-state index < -0.39 is 41.5 Å². The smallest absolute Gasteiger partial charge is 0.236 e. The van der Waals surface area contributed by atoms with E-state index in [2.05, 4.69) is 31.3 Å². The number of ketones is 2. The summed E-state index contributed by atoms with van der Waals surface area (Å²) in [6.45, 7) is 0.735. The van der Waals surface area contributed by atoms with Gasteiger partial charge in [0.25, 0.3) is 0 Å². The highest BCUT2D eigenvalue weighted by Crippen LogP contribution is 2.31. The SMILES string of the molecule is NC(N)=NCCC[C@H](N)C(=O)NCCC(=O)Nc1ccc2c(c1)C(=O)c1cc(NC(=O)CCNC(=O)[C@@H](N)CCCN=C(N)N)ccc1C2=O. The van der Waals surface area contributed by atoms with Crippen LogP contribution in [-0.2, 0) is 19.2 Å². The highest BCUT2D eigenvalue weighted by molar-refractivity contribution is 6.29. The molecular formula is C32H44N12O6. The van der Waals surface area contributed by atoms with Crippen molar-refractivity contribution in [3.8, 4) is 0 Å². The molecular weight excluding hydrogens is 648 g/mol. The van der Waals surface area contributed by atoms with Crippen LogP contribution in [0.1, 0.15) is 70.4 Å². The molecule has 16 N–H and O–H groups in total. The number of rotatable bonds is 18. The van der Waals surface area contributed by atoms with E-state index >= 15 is 0 Å². The predicted octanol–water partition coefficient (Wildman–Crippen LogP) is -1.89. The van der Waals surface area contributed by atoms with Gasteiger partial charge in [-0.05, 0) is 62.1 Å². The molecule has 1 aliphatic rings. The minimum atomic E-state index is -0.787. The first-order valence-electron chi connectivity index (χ1n) is 15.9. The Morgan fingerprint density at radius 2 is 0.980 bits per heavy atom. The summed E-state index contributed by atoms with van der Waals surface area (Å²) in [7, 11) is 0. The Kier molecular flexibility index (Phi) is 14.4. The number of amides is 4. The van der Waals surface area contributed by atoms with Gasteiger partial charge >= 0.3 is 0 Å². The fourth-order valence-electron chi connectivity index (χ4n) is 4.91. The van der Waals surface area contributed by atoms with Gasteiger partial charge in [0, 0.05) is 72.6 Å². The molecule has 0 spiro atoms. The van der Waals surface area contributed by atoms with Crippen molar-refractivity contribution in [3.63, 3.8) is 0 Å². The van der Waals surface area contributed by atoms with E-state index in [4.69, 9.17) is 34.4 Å². The van der Waals surface area contributed by atoms with Crippen LogP contribution >= 0.6 is 0 Å². The monoisotopic (exact) mass is 692 g/mol. The van der Waals surface area contributed by atoms with Gasteiger partial charge in [-0.15, -0.1) is 0 Å². The standard InChI is InChI=1S/C32H44N12O6/c33-23(3-1-11-41-31(35)36)29(49)39-13-9-25(45)43-17-5-7-19-21(15-17)28(48)22-16-18(6-8-20(22)27(19)47)44-26(46)10-14-40-30(50)24(34)4-2-12-42-32(37)38/h5-8,15-16,23-24H,1-4,9-14,33-34H2,(H,39,49)(H,40,50)(H,43,45)(H,44,46)(H4,35,36,41)(H4,37,38,42)/t23-,24-/m0/s1. The largest absolute Gasteiger partial charge is 0.370 e. The van der Waals surface area contributed by atoms with Gasteiger partial charge in [-0.2, -0.15) is 0 Å². The van der Waals surface area contributed by atoms with Crippen LogP contribution in [0.2, 0.25) is 0 Å². The van der Waals surface area contributed by atoms with Crippen molar-refractivity contribution in [2.24, 2.45) is 44.4 Å². The molecule has 0 unspecified atom stereocenters. The number of hydrogen-bond acceptors (Lipinski definition) is 10. The number of nitrogens with two attached hydrogens (primary N) is 6. The van der Waals surface area contributed by atoms with E-state index in [0.717, 1.165) is 0 Å². The molecule has 0 radical (unpaired) electrons. The molecule has 0 saturated carbocycles. The average molecular weight is 693 g/mol. The van der Waals surface area contributed by atoms with Gasteiger partial charge in [0.05, 0.1) is 12.1 Å². The van der Waals surface area contributed by atoms with Crippen LogP contribution in [0.4, 0.5) is 11.4 Å². The summed E-state index contributed by atoms with van der Waals surface area (Å²) in [5.41, 5.74) is 33.8. The second kappa shape index (κ2) is 18.6. The lowest BCUT2D eigenvalue weighted by Crippen LogP contribution is -2.41. The molecule has 1 aliphatic carbocycles. The Balaban J connectivity index is 1.51. The maximum atomic E-state index is 13.5. The number of nitrogens with one attached hydrogen (secondary N) is 4. The molecule has 18 nitrogen and oxygen atoms in total. The first-order valence-corrected chi connectivity index (χ1v) is 15.9. The molecule has 0 saturated heterocycles. The Morgan fingerprint density at radius 3 is 1.36 bits per heavy atom. The van der Waals surface area contributed by atoms with Gasteiger partial charge in [-0.25, -0.2) is 0 Å². The molecule has 4 amide bonds. The summed E-state index contributed by atoms with van der Waals surface area (Å²) in [5.74, 6) is -2.66. The number of nitrogens with zero attached hydrogens (tertiary/aromatic N) is 2. The lowest BCUT2D eigenvalue weighted by Gasteiger charge is -2.19. The third-order valence-corrected chi connectivity index (χ3v) is 7.50. The lowest BCUT2D eigenvalue weighted by atomic mass is 9.83. The van der Waals surface area contributed by atoms with E-state index in [1.165, 1.54) is 36.4 Å². The molecule has 268 valence electrons. The Morgan fingerprint density at radius 1 is 0.600 bits per heavy atom. The Bertz CT molecular complexity index is 1550. The van der Waals surface area contributed by atoms with E-state index in [1.807, 2.05) is 0 Å². The molecule has 2 aromatic carbocycles. The van der Waals surface area contributed by atoms with Crippen LogP contribution in [0.15, 0.2) is 46.4 Å². The predicted molar refractivity (Wildman–Crippen MR) is 188 cm³/mol. The fourth-order valence-corrected chi connectivity index (χ4v) is 4.91. The molecule has 0 heterocycles. The fraction of sp³-hybridized carbons (Fsp3) is 0.375. The number of aliphatic imine (C=N–C) groups is 2. The Labute approximate surface area is 288 Å². The van der Waals surface area contributed by atoms with Crippen LogP contribution in [-0.4, -0.2) is 85.4 Å². The van der Waals surface area contributed by atoms with Gasteiger partial charge in [0.2, 0.25) is 23.6 Å². The van der Waals surface area contributed by atoms with Gasteiger partial charge in [0.1, 0.15) is 0 Å². The first kappa shape index (κ1) is 38.6. The molecule has 0 fully saturated rings. The van der Waals surface area contributed by atoms with Crippen molar-refractivity contribution in [2.45, 2.75) is 50.6 Å². The number of benzene rings is 2. The molecule has 2 atom stereocenters. The van der Waals surface area contributed by atoms with E-state index in [0.29, 0.717) is 38.8 Å². The quantitative estimate of drug-likeness (QED) is 0.0398. The maximum Gasteiger partial charge on any atom is 0.236 e. The Hall–Kier alpha value is -5.88. The third kappa shape index (κ3) is 11.7. The summed E-state index contributed by atoms with van der Waals surface area (Å²) in [4.78, 5) is 83.8. The van der Waals surface area contributed by atoms with Crippen molar-refractivity contribution in [2.75, 3.05) is 36.8 Å². The van der Waals surface area contributed by atoms with Gasteiger partial charge in [0.15, 0.2) is 23.5 Å². The number of carbonyl (C=O) groups excluding carboxylic acids is 6. The highest BCUT2D eigenvalue weighted by atomic mass is 16.2. The average Bonchev–Trinajstić information content (AvgIpc) is 3.06. The van der Waals surface area contributed by atoms with E-state index in [1.54, 1.807) is 0 Å². The number of hydrogen-bond donors (Lipinski definition) is 10. The zero-order valence-corrected chi connectivity index (χ0v) is 27.5. The van der Waals surface area contributed by atoms with Crippen molar-refractivity contribution >= 4 is 58.5 Å². The van der Waals surface area contributed by atoms with E-state index in [9.17, 15) is 28.8 Å². The summed E-state index contributed by atoms with van der Waals surface area (Å²) in [6.07, 6.45) is 1.59. The minimum absolute atomic E-state index is 0.0260. The molecule has 0 aromatic heterocycles. The van der Waals surface area contributed by atoms with Gasteiger partial charge < -0.3 is 55.7 Å². The minimum Gasteiger partial charge on any atom is -0.370 e. The first-order chi connectivity index (χ1) is 23.8. The van der Waals surface area contributed by atoms with Crippen molar-refractivity contribution in [1.82, 2.24) is 10.6 Å². The van der Waals surface area contributed by atoms with Crippen molar-refractivity contribution in [1.29, 1.82) is 0 Å². The van der Waals surface area contributed by atoms with Crippen molar-refractivity contribution in [3.05, 3.63) is 58.7 Å². The number of guanidine groups is 2. The summed E-state index contributed by atoms with van der Waals surface area (Å²) in [5, 5.41) is 10.5. The molecule has 3 rings (SSSR count). The summed E-state index contributed by atoms with van der Waals surface area (Å²) < 4.78 is 0. The van der Waals surface area contributed by atoms with E-state index in [-0.39, 0.29) is 77.3 Å². The number of fused-ring (bicyclic) bond motifs is 2. The molecule has 0 aliphatic heterocycles. The molecule has 0 bridgehead atoms. The van der Waals surface area contributed by atoms with Gasteiger partial charge in [-0.3, -0.25) is 38.8 Å². The zero-order valence-electron chi connectivity index (χ0n) is 27.5. The van der Waals surface area contributed by atoms with Crippen LogP contribution < -0.4 is 55.7 Å². The second-order valence-corrected chi connectivity index (χ2v) is 11.5.